The molecule has 0 aliphatic carbocycles. The Kier molecular flexibility index (Phi) is 5.95. The molecule has 1 fully saturated rings. The molecule has 0 unspecified atom stereocenters. The molecule has 0 radical (unpaired) electrons. The van der Waals surface area contributed by atoms with Gasteiger partial charge < -0.3 is 14.8 Å². The van der Waals surface area contributed by atoms with Gasteiger partial charge in [-0.05, 0) is 13.1 Å². The number of carbonyl (C=O) groups is 1. The number of hydrogen-bond donors (Lipinski definition) is 1. The minimum Gasteiger partial charge on any atom is -0.376 e. The number of amides is 1. The number of hydrogen-bond acceptors (Lipinski definition) is 6. The van der Waals surface area contributed by atoms with Crippen LogP contribution in [0.5, 0.6) is 0 Å². The zero-order valence-electron chi connectivity index (χ0n) is 14.8. The summed E-state index contributed by atoms with van der Waals surface area (Å²) in [7, 11) is 0. The SMILES string of the molecule is CCN(CC)Cc1cnc2c(C(=O)NC[C@H]3COCCO3)cnn2c1. The molecule has 0 saturated carbocycles. The van der Waals surface area contributed by atoms with Gasteiger partial charge in [-0.15, -0.1) is 0 Å². The van der Waals surface area contributed by atoms with Crippen LogP contribution in [0.25, 0.3) is 5.65 Å². The fourth-order valence-corrected chi connectivity index (χ4v) is 2.82. The molecule has 1 amide bonds. The lowest BCUT2D eigenvalue weighted by atomic mass is 10.2. The van der Waals surface area contributed by atoms with Crippen molar-refractivity contribution in [3.05, 3.63) is 29.7 Å². The average Bonchev–Trinajstić information content (AvgIpc) is 3.08. The molecule has 1 aliphatic heterocycles. The van der Waals surface area contributed by atoms with Crippen molar-refractivity contribution in [2.45, 2.75) is 26.5 Å². The monoisotopic (exact) mass is 347 g/mol. The molecule has 3 rings (SSSR count). The van der Waals surface area contributed by atoms with Gasteiger partial charge in [0.25, 0.3) is 5.91 Å². The maximum absolute atomic E-state index is 12.4. The summed E-state index contributed by atoms with van der Waals surface area (Å²) in [4.78, 5) is 19.1. The molecule has 1 atom stereocenters. The Hall–Kier alpha value is -2.03. The molecule has 1 saturated heterocycles. The van der Waals surface area contributed by atoms with Crippen molar-refractivity contribution in [2.24, 2.45) is 0 Å². The first-order valence-electron chi connectivity index (χ1n) is 8.73. The van der Waals surface area contributed by atoms with Gasteiger partial charge in [0.05, 0.1) is 32.1 Å². The van der Waals surface area contributed by atoms with Gasteiger partial charge in [-0.3, -0.25) is 9.69 Å². The predicted octanol–water partition coefficient (Wildman–Crippen LogP) is 0.716. The van der Waals surface area contributed by atoms with Crippen molar-refractivity contribution in [2.75, 3.05) is 39.5 Å². The van der Waals surface area contributed by atoms with Crippen LogP contribution < -0.4 is 5.32 Å². The summed E-state index contributed by atoms with van der Waals surface area (Å²) in [6.45, 7) is 9.13. The fourth-order valence-electron chi connectivity index (χ4n) is 2.82. The topological polar surface area (TPSA) is 81.0 Å². The molecule has 1 aliphatic rings. The van der Waals surface area contributed by atoms with Crippen LogP contribution in [-0.4, -0.2) is 71.0 Å². The predicted molar refractivity (Wildman–Crippen MR) is 92.5 cm³/mol. The summed E-state index contributed by atoms with van der Waals surface area (Å²) in [5.41, 5.74) is 2.09. The van der Waals surface area contributed by atoms with Gasteiger partial charge in [0.1, 0.15) is 5.56 Å². The number of aromatic nitrogens is 3. The number of nitrogens with one attached hydrogen (secondary N) is 1. The molecule has 136 valence electrons. The zero-order valence-corrected chi connectivity index (χ0v) is 14.8. The van der Waals surface area contributed by atoms with E-state index in [1.807, 2.05) is 12.4 Å². The molecule has 3 heterocycles. The summed E-state index contributed by atoms with van der Waals surface area (Å²) < 4.78 is 12.5. The maximum Gasteiger partial charge on any atom is 0.256 e. The molecule has 2 aromatic heterocycles. The highest BCUT2D eigenvalue weighted by Crippen LogP contribution is 2.11. The third-order valence-electron chi connectivity index (χ3n) is 4.33. The Morgan fingerprint density at radius 1 is 1.36 bits per heavy atom. The second-order valence-electron chi connectivity index (χ2n) is 6.03. The van der Waals surface area contributed by atoms with Crippen molar-refractivity contribution in [1.82, 2.24) is 24.8 Å². The molecule has 8 heteroatoms. The Morgan fingerprint density at radius 3 is 2.92 bits per heavy atom. The minimum absolute atomic E-state index is 0.104. The first kappa shape index (κ1) is 17.8. The standard InChI is InChI=1S/C17H25N5O3/c1-3-21(4-2)10-13-7-18-16-15(9-20-22(16)11-13)17(23)19-8-14-12-24-5-6-25-14/h7,9,11,14H,3-6,8,10,12H2,1-2H3,(H,19,23)/t14-/m0/s1. The number of ether oxygens (including phenoxy) is 2. The van der Waals surface area contributed by atoms with Crippen molar-refractivity contribution >= 4 is 11.6 Å². The third-order valence-corrected chi connectivity index (χ3v) is 4.33. The molecule has 2 aromatic rings. The van der Waals surface area contributed by atoms with Crippen LogP contribution in [0.1, 0.15) is 29.8 Å². The molecular weight excluding hydrogens is 322 g/mol. The first-order valence-corrected chi connectivity index (χ1v) is 8.73. The minimum atomic E-state index is -0.201. The highest BCUT2D eigenvalue weighted by Gasteiger charge is 2.18. The third kappa shape index (κ3) is 4.33. The van der Waals surface area contributed by atoms with Gasteiger partial charge in [-0.2, -0.15) is 5.10 Å². The number of rotatable bonds is 7. The Bertz CT molecular complexity index is 707. The van der Waals surface area contributed by atoms with E-state index in [2.05, 4.69) is 34.1 Å². The highest BCUT2D eigenvalue weighted by atomic mass is 16.6. The Labute approximate surface area is 147 Å². The highest BCUT2D eigenvalue weighted by molar-refractivity contribution is 5.99. The van der Waals surface area contributed by atoms with E-state index in [1.165, 1.54) is 0 Å². The summed E-state index contributed by atoms with van der Waals surface area (Å²) >= 11 is 0. The van der Waals surface area contributed by atoms with E-state index < -0.39 is 0 Å². The Morgan fingerprint density at radius 2 is 2.20 bits per heavy atom. The lowest BCUT2D eigenvalue weighted by Crippen LogP contribution is -2.39. The van der Waals surface area contributed by atoms with Gasteiger partial charge in [0, 0.05) is 31.0 Å². The molecular formula is C17H25N5O3. The van der Waals surface area contributed by atoms with Gasteiger partial charge in [0.15, 0.2) is 5.65 Å². The number of nitrogens with zero attached hydrogens (tertiary/aromatic N) is 4. The van der Waals surface area contributed by atoms with E-state index >= 15 is 0 Å². The molecule has 0 bridgehead atoms. The summed E-state index contributed by atoms with van der Waals surface area (Å²) in [6.07, 6.45) is 5.18. The molecule has 0 aromatic carbocycles. The van der Waals surface area contributed by atoms with Crippen molar-refractivity contribution in [1.29, 1.82) is 0 Å². The number of carbonyl (C=O) groups excluding carboxylic acids is 1. The van der Waals surface area contributed by atoms with E-state index in [1.54, 1.807) is 10.7 Å². The van der Waals surface area contributed by atoms with Gasteiger partial charge in [-0.25, -0.2) is 9.50 Å². The molecule has 25 heavy (non-hydrogen) atoms. The smallest absolute Gasteiger partial charge is 0.256 e. The fraction of sp³-hybridized carbons (Fsp3) is 0.588. The summed E-state index contributed by atoms with van der Waals surface area (Å²) in [5, 5.41) is 7.14. The van der Waals surface area contributed by atoms with Crippen LogP contribution in [0.3, 0.4) is 0 Å². The second-order valence-corrected chi connectivity index (χ2v) is 6.03. The van der Waals surface area contributed by atoms with Crippen LogP contribution in [0, 0.1) is 0 Å². The van der Waals surface area contributed by atoms with Gasteiger partial charge in [0.2, 0.25) is 0 Å². The summed E-state index contributed by atoms with van der Waals surface area (Å²) in [5.74, 6) is -0.201. The van der Waals surface area contributed by atoms with E-state index in [0.717, 1.165) is 25.2 Å². The van der Waals surface area contributed by atoms with E-state index in [0.29, 0.717) is 37.6 Å². The van der Waals surface area contributed by atoms with Crippen molar-refractivity contribution in [3.8, 4) is 0 Å². The van der Waals surface area contributed by atoms with E-state index in [4.69, 9.17) is 9.47 Å². The van der Waals surface area contributed by atoms with Crippen molar-refractivity contribution in [3.63, 3.8) is 0 Å². The summed E-state index contributed by atoms with van der Waals surface area (Å²) in [6, 6.07) is 0. The van der Waals surface area contributed by atoms with E-state index in [-0.39, 0.29) is 12.0 Å². The second kappa shape index (κ2) is 8.37. The lowest BCUT2D eigenvalue weighted by Gasteiger charge is -2.22. The largest absolute Gasteiger partial charge is 0.376 e. The van der Waals surface area contributed by atoms with Crippen LogP contribution in [0.2, 0.25) is 0 Å². The number of fused-ring (bicyclic) bond motifs is 1. The first-order chi connectivity index (χ1) is 12.2. The molecule has 1 N–H and O–H groups in total. The zero-order chi connectivity index (χ0) is 17.6. The van der Waals surface area contributed by atoms with E-state index in [9.17, 15) is 4.79 Å². The van der Waals surface area contributed by atoms with Crippen LogP contribution in [0.4, 0.5) is 0 Å². The quantitative estimate of drug-likeness (QED) is 0.795. The van der Waals surface area contributed by atoms with Crippen LogP contribution >= 0.6 is 0 Å². The molecule has 0 spiro atoms. The molecule has 8 nitrogen and oxygen atoms in total. The average molecular weight is 347 g/mol. The van der Waals surface area contributed by atoms with Gasteiger partial charge >= 0.3 is 0 Å². The van der Waals surface area contributed by atoms with Crippen LogP contribution in [-0.2, 0) is 16.0 Å². The Balaban J connectivity index is 1.66. The van der Waals surface area contributed by atoms with Crippen molar-refractivity contribution < 1.29 is 14.3 Å². The van der Waals surface area contributed by atoms with Crippen LogP contribution in [0.15, 0.2) is 18.6 Å². The van der Waals surface area contributed by atoms with Gasteiger partial charge in [-0.1, -0.05) is 13.8 Å². The maximum atomic E-state index is 12.4. The lowest BCUT2D eigenvalue weighted by molar-refractivity contribution is -0.0855. The normalized spacial score (nSPS) is 18.0.